The molecule has 0 saturated heterocycles. The summed E-state index contributed by atoms with van der Waals surface area (Å²) in [4.78, 5) is 0. The minimum Gasteiger partial charge on any atom is -0.479 e. The Balaban J connectivity index is 1.65. The number of fused-ring (bicyclic) bond motifs is 2. The van der Waals surface area contributed by atoms with Gasteiger partial charge in [-0.2, -0.15) is 13.2 Å². The van der Waals surface area contributed by atoms with Crippen molar-refractivity contribution in [2.75, 3.05) is 0 Å². The van der Waals surface area contributed by atoms with E-state index in [1.54, 1.807) is 0 Å². The van der Waals surface area contributed by atoms with Crippen LogP contribution in [0.3, 0.4) is 0 Å². The van der Waals surface area contributed by atoms with Gasteiger partial charge < -0.3 is 4.74 Å². The van der Waals surface area contributed by atoms with E-state index in [1.807, 2.05) is 0 Å². The van der Waals surface area contributed by atoms with Crippen molar-refractivity contribution in [1.29, 1.82) is 0 Å². The molecule has 0 amide bonds. The highest BCUT2D eigenvalue weighted by Gasteiger charge is 2.41. The van der Waals surface area contributed by atoms with Crippen molar-refractivity contribution in [3.8, 4) is 0 Å². The summed E-state index contributed by atoms with van der Waals surface area (Å²) >= 11 is 5.21. The number of thiocarbonyl (C=S) groups is 1. The van der Waals surface area contributed by atoms with Crippen LogP contribution in [0, 0.1) is 11.8 Å². The summed E-state index contributed by atoms with van der Waals surface area (Å²) in [5, 5.41) is 0.316. The molecule has 3 atom stereocenters. The number of hydrogen-bond donors (Lipinski definition) is 0. The fourth-order valence-corrected chi connectivity index (χ4v) is 3.59. The van der Waals surface area contributed by atoms with Gasteiger partial charge in [-0.05, 0) is 74.0 Å². The molecule has 2 fully saturated rings. The molecule has 5 heteroatoms. The summed E-state index contributed by atoms with van der Waals surface area (Å²) in [7, 11) is 0. The van der Waals surface area contributed by atoms with E-state index >= 15 is 0 Å². The molecule has 0 spiro atoms. The number of ether oxygens (including phenoxy) is 1. The Bertz CT molecular complexity index is 509. The van der Waals surface area contributed by atoms with Gasteiger partial charge in [-0.1, -0.05) is 0 Å². The number of benzene rings is 1. The Morgan fingerprint density at radius 1 is 1.10 bits per heavy atom. The predicted molar refractivity (Wildman–Crippen MR) is 73.5 cm³/mol. The summed E-state index contributed by atoms with van der Waals surface area (Å²) in [6.45, 7) is 0. The van der Waals surface area contributed by atoms with Gasteiger partial charge in [0.2, 0.25) is 0 Å². The maximum Gasteiger partial charge on any atom is 0.416 e. The Kier molecular flexibility index (Phi) is 3.48. The van der Waals surface area contributed by atoms with Crippen molar-refractivity contribution in [2.24, 2.45) is 11.8 Å². The van der Waals surface area contributed by atoms with Crippen LogP contribution in [0.4, 0.5) is 13.2 Å². The Labute approximate surface area is 121 Å². The third-order valence-corrected chi connectivity index (χ3v) is 4.71. The Morgan fingerprint density at radius 3 is 2.30 bits per heavy atom. The van der Waals surface area contributed by atoms with Crippen LogP contribution in [0.2, 0.25) is 0 Å². The Hall–Kier alpha value is -1.10. The van der Waals surface area contributed by atoms with Crippen LogP contribution >= 0.6 is 12.2 Å². The van der Waals surface area contributed by atoms with Crippen LogP contribution < -0.4 is 0 Å². The van der Waals surface area contributed by atoms with Gasteiger partial charge in [0.25, 0.3) is 0 Å². The topological polar surface area (TPSA) is 9.23 Å². The molecular weight excluding hydrogens is 285 g/mol. The maximum atomic E-state index is 12.5. The van der Waals surface area contributed by atoms with E-state index in [1.165, 1.54) is 31.4 Å². The molecule has 1 aromatic rings. The quantitative estimate of drug-likeness (QED) is 0.739. The normalized spacial score (nSPS) is 28.6. The first-order valence-electron chi connectivity index (χ1n) is 6.82. The highest BCUT2D eigenvalue weighted by Crippen LogP contribution is 2.46. The minimum absolute atomic E-state index is 0.156. The first kappa shape index (κ1) is 13.9. The molecule has 3 rings (SSSR count). The minimum atomic E-state index is -4.31. The second-order valence-corrected chi connectivity index (χ2v) is 6.06. The van der Waals surface area contributed by atoms with Crippen LogP contribution in [0.1, 0.15) is 36.8 Å². The lowest BCUT2D eigenvalue weighted by Gasteiger charge is -2.23. The maximum absolute atomic E-state index is 12.5. The van der Waals surface area contributed by atoms with E-state index in [2.05, 4.69) is 0 Å². The fraction of sp³-hybridized carbons (Fsp3) is 0.533. The lowest BCUT2D eigenvalue weighted by Crippen LogP contribution is -2.23. The van der Waals surface area contributed by atoms with Gasteiger partial charge in [-0.3, -0.25) is 0 Å². The largest absolute Gasteiger partial charge is 0.479 e. The summed E-state index contributed by atoms with van der Waals surface area (Å²) in [6, 6.07) is 4.87. The van der Waals surface area contributed by atoms with E-state index in [0.717, 1.165) is 24.5 Å². The molecule has 0 radical (unpaired) electrons. The molecule has 1 nitrogen and oxygen atoms in total. The van der Waals surface area contributed by atoms with Crippen LogP contribution in [-0.2, 0) is 10.9 Å². The number of rotatable bonds is 2. The van der Waals surface area contributed by atoms with E-state index in [4.69, 9.17) is 17.0 Å². The zero-order chi connectivity index (χ0) is 14.3. The third kappa shape index (κ3) is 2.68. The van der Waals surface area contributed by atoms with Crippen LogP contribution in [0.5, 0.6) is 0 Å². The van der Waals surface area contributed by atoms with E-state index in [-0.39, 0.29) is 6.10 Å². The monoisotopic (exact) mass is 300 g/mol. The van der Waals surface area contributed by atoms with Crippen molar-refractivity contribution in [2.45, 2.75) is 38.0 Å². The van der Waals surface area contributed by atoms with Gasteiger partial charge in [-0.15, -0.1) is 0 Å². The van der Waals surface area contributed by atoms with Gasteiger partial charge in [0.05, 0.1) is 5.56 Å². The average Bonchev–Trinajstić information content (AvgIpc) is 3.00. The lowest BCUT2D eigenvalue weighted by atomic mass is 9.98. The number of hydrogen-bond acceptors (Lipinski definition) is 2. The van der Waals surface area contributed by atoms with Crippen LogP contribution in [0.25, 0.3) is 0 Å². The highest BCUT2D eigenvalue weighted by molar-refractivity contribution is 7.80. The summed E-state index contributed by atoms with van der Waals surface area (Å²) in [5.41, 5.74) is -0.111. The zero-order valence-electron chi connectivity index (χ0n) is 10.8. The molecule has 2 aliphatic rings. The van der Waals surface area contributed by atoms with Gasteiger partial charge in [-0.25, -0.2) is 0 Å². The summed E-state index contributed by atoms with van der Waals surface area (Å²) in [6.07, 6.45) is 0.545. The molecule has 0 heterocycles. The van der Waals surface area contributed by atoms with Crippen LogP contribution in [0.15, 0.2) is 24.3 Å². The molecule has 0 aliphatic heterocycles. The predicted octanol–water partition coefficient (Wildman–Crippen LogP) is 4.59. The van der Waals surface area contributed by atoms with E-state index < -0.39 is 11.7 Å². The molecule has 0 N–H and O–H groups in total. The van der Waals surface area contributed by atoms with Crippen molar-refractivity contribution in [1.82, 2.24) is 0 Å². The van der Waals surface area contributed by atoms with Gasteiger partial charge in [0.15, 0.2) is 5.05 Å². The van der Waals surface area contributed by atoms with Crippen molar-refractivity contribution in [3.63, 3.8) is 0 Å². The second kappa shape index (κ2) is 5.02. The van der Waals surface area contributed by atoms with Gasteiger partial charge >= 0.3 is 6.18 Å². The van der Waals surface area contributed by atoms with Crippen LogP contribution in [-0.4, -0.2) is 11.2 Å². The lowest BCUT2D eigenvalue weighted by molar-refractivity contribution is -0.137. The molecule has 3 unspecified atom stereocenters. The van der Waals surface area contributed by atoms with Gasteiger partial charge in [0.1, 0.15) is 6.10 Å². The Morgan fingerprint density at radius 2 is 1.80 bits per heavy atom. The fourth-order valence-electron chi connectivity index (χ4n) is 3.33. The van der Waals surface area contributed by atoms with Crippen molar-refractivity contribution < 1.29 is 17.9 Å². The third-order valence-electron chi connectivity index (χ3n) is 4.38. The molecule has 2 bridgehead atoms. The van der Waals surface area contributed by atoms with Crippen molar-refractivity contribution >= 4 is 17.3 Å². The zero-order valence-corrected chi connectivity index (χ0v) is 11.6. The SMILES string of the molecule is FC(F)(F)c1ccc(C(=S)OC2CC3CCC2C3)cc1. The molecular formula is C15H15F3OS. The average molecular weight is 300 g/mol. The standard InChI is InChI=1S/C15H15F3OS/c16-15(17,18)12-5-3-10(4-6-12)14(20)19-13-8-9-1-2-11(13)7-9/h3-6,9,11,13H,1-2,7-8H2. The molecule has 2 saturated carbocycles. The first-order valence-corrected chi connectivity index (χ1v) is 7.22. The molecule has 20 heavy (non-hydrogen) atoms. The molecule has 108 valence electrons. The smallest absolute Gasteiger partial charge is 0.416 e. The number of alkyl halides is 3. The summed E-state index contributed by atoms with van der Waals surface area (Å²) < 4.78 is 43.3. The molecule has 0 aromatic heterocycles. The van der Waals surface area contributed by atoms with Crippen molar-refractivity contribution in [3.05, 3.63) is 35.4 Å². The molecule has 1 aromatic carbocycles. The van der Waals surface area contributed by atoms with Gasteiger partial charge in [0, 0.05) is 5.56 Å². The van der Waals surface area contributed by atoms with E-state index in [9.17, 15) is 13.2 Å². The second-order valence-electron chi connectivity index (χ2n) is 5.69. The first-order chi connectivity index (χ1) is 9.43. The number of halogens is 3. The molecule has 2 aliphatic carbocycles. The van der Waals surface area contributed by atoms with E-state index in [0.29, 0.717) is 16.5 Å². The highest BCUT2D eigenvalue weighted by atomic mass is 32.1. The summed E-state index contributed by atoms with van der Waals surface area (Å²) in [5.74, 6) is 1.33.